The van der Waals surface area contributed by atoms with Gasteiger partial charge in [0, 0.05) is 6.54 Å². The van der Waals surface area contributed by atoms with Gasteiger partial charge in [0.05, 0.1) is 12.2 Å². The third-order valence-corrected chi connectivity index (χ3v) is 2.82. The number of aromatic nitrogens is 2. The summed E-state index contributed by atoms with van der Waals surface area (Å²) in [6.07, 6.45) is 0.789. The monoisotopic (exact) mass is 254 g/mol. The molecule has 0 spiro atoms. The average Bonchev–Trinajstić information content (AvgIpc) is 2.51. The van der Waals surface area contributed by atoms with Gasteiger partial charge in [-0.2, -0.15) is 10.4 Å². The quantitative estimate of drug-likeness (QED) is 0.809. The van der Waals surface area contributed by atoms with Crippen molar-refractivity contribution in [3.05, 3.63) is 16.4 Å². The Morgan fingerprint density at radius 1 is 1.47 bits per heavy atom. The van der Waals surface area contributed by atoms with E-state index in [0.717, 1.165) is 18.7 Å². The van der Waals surface area contributed by atoms with Crippen LogP contribution in [0.3, 0.4) is 0 Å². The molecule has 1 rings (SSSR count). The van der Waals surface area contributed by atoms with Crippen LogP contribution in [-0.2, 0) is 13.0 Å². The molecule has 1 aromatic heterocycles. The highest BCUT2D eigenvalue weighted by atomic mass is 35.5. The highest BCUT2D eigenvalue weighted by Crippen LogP contribution is 2.21. The number of halogens is 1. The van der Waals surface area contributed by atoms with Gasteiger partial charge in [0.2, 0.25) is 0 Å². The van der Waals surface area contributed by atoms with Crippen LogP contribution in [-0.4, -0.2) is 35.3 Å². The van der Waals surface area contributed by atoms with E-state index in [-0.39, 0.29) is 0 Å². The molecule has 94 valence electrons. The minimum absolute atomic E-state index is 0.463. The molecule has 0 N–H and O–H groups in total. The van der Waals surface area contributed by atoms with E-state index < -0.39 is 0 Å². The van der Waals surface area contributed by atoms with E-state index in [9.17, 15) is 0 Å². The zero-order chi connectivity index (χ0) is 13.0. The van der Waals surface area contributed by atoms with Gasteiger partial charge < -0.3 is 4.90 Å². The van der Waals surface area contributed by atoms with Gasteiger partial charge in [-0.25, -0.2) is 0 Å². The van der Waals surface area contributed by atoms with Crippen LogP contribution in [0, 0.1) is 17.2 Å². The second-order valence-electron chi connectivity index (χ2n) is 4.85. The Morgan fingerprint density at radius 3 is 2.59 bits per heavy atom. The lowest BCUT2D eigenvalue weighted by Crippen LogP contribution is -2.19. The highest BCUT2D eigenvalue weighted by molar-refractivity contribution is 6.30. The van der Waals surface area contributed by atoms with Crippen LogP contribution in [0.1, 0.15) is 25.1 Å². The predicted molar refractivity (Wildman–Crippen MR) is 69.0 cm³/mol. The van der Waals surface area contributed by atoms with Crippen molar-refractivity contribution in [2.75, 3.05) is 20.6 Å². The minimum atomic E-state index is 0.463. The Balaban J connectivity index is 2.93. The molecule has 0 saturated carbocycles. The molecule has 0 bridgehead atoms. The van der Waals surface area contributed by atoms with Gasteiger partial charge >= 0.3 is 0 Å². The smallest absolute Gasteiger partial charge is 0.145 e. The zero-order valence-corrected chi connectivity index (χ0v) is 11.6. The molecule has 1 aromatic rings. The second-order valence-corrected chi connectivity index (χ2v) is 5.21. The fourth-order valence-corrected chi connectivity index (χ4v) is 1.84. The second kappa shape index (κ2) is 6.04. The number of nitriles is 1. The zero-order valence-electron chi connectivity index (χ0n) is 10.9. The van der Waals surface area contributed by atoms with Crippen molar-refractivity contribution in [2.24, 2.45) is 5.92 Å². The number of nitrogens with zero attached hydrogens (tertiary/aromatic N) is 4. The summed E-state index contributed by atoms with van der Waals surface area (Å²) in [5.41, 5.74) is 1.34. The standard InChI is InChI=1S/C12H19ClN4/c1-9(2)7-11-10(8-14)12(13)17(15-11)6-5-16(3)4/h9H,5-7H2,1-4H3. The number of hydrogen-bond donors (Lipinski definition) is 0. The molecular formula is C12H19ClN4. The van der Waals surface area contributed by atoms with Crippen molar-refractivity contribution in [2.45, 2.75) is 26.8 Å². The van der Waals surface area contributed by atoms with Crippen LogP contribution >= 0.6 is 11.6 Å². The van der Waals surface area contributed by atoms with Gasteiger partial charge in [0.15, 0.2) is 0 Å². The Hall–Kier alpha value is -1.05. The van der Waals surface area contributed by atoms with Crippen molar-refractivity contribution < 1.29 is 0 Å². The SMILES string of the molecule is CC(C)Cc1nn(CCN(C)C)c(Cl)c1C#N. The maximum atomic E-state index is 9.10. The third-order valence-electron chi connectivity index (χ3n) is 2.44. The van der Waals surface area contributed by atoms with E-state index in [0.29, 0.717) is 23.2 Å². The molecule has 0 saturated heterocycles. The summed E-state index contributed by atoms with van der Waals surface area (Å²) >= 11 is 6.16. The molecule has 0 aliphatic heterocycles. The molecule has 0 aliphatic carbocycles. The number of hydrogen-bond acceptors (Lipinski definition) is 3. The van der Waals surface area contributed by atoms with E-state index in [2.05, 4.69) is 29.9 Å². The molecule has 0 atom stereocenters. The molecule has 0 unspecified atom stereocenters. The normalized spacial score (nSPS) is 11.2. The first-order chi connectivity index (χ1) is 7.95. The van der Waals surface area contributed by atoms with E-state index in [1.165, 1.54) is 0 Å². The number of rotatable bonds is 5. The van der Waals surface area contributed by atoms with Crippen LogP contribution in [0.4, 0.5) is 0 Å². The lowest BCUT2D eigenvalue weighted by atomic mass is 10.1. The van der Waals surface area contributed by atoms with Crippen LogP contribution in [0.25, 0.3) is 0 Å². The first-order valence-corrected chi connectivity index (χ1v) is 6.13. The van der Waals surface area contributed by atoms with Crippen molar-refractivity contribution in [1.82, 2.24) is 14.7 Å². The van der Waals surface area contributed by atoms with Crippen molar-refractivity contribution in [3.8, 4) is 6.07 Å². The molecule has 0 amide bonds. The van der Waals surface area contributed by atoms with Crippen LogP contribution in [0.5, 0.6) is 0 Å². The van der Waals surface area contributed by atoms with E-state index in [1.807, 2.05) is 14.1 Å². The maximum absolute atomic E-state index is 9.10. The summed E-state index contributed by atoms with van der Waals surface area (Å²) < 4.78 is 1.72. The maximum Gasteiger partial charge on any atom is 0.145 e. The summed E-state index contributed by atoms with van der Waals surface area (Å²) in [4.78, 5) is 2.06. The summed E-state index contributed by atoms with van der Waals surface area (Å²) in [5.74, 6) is 0.468. The van der Waals surface area contributed by atoms with Crippen LogP contribution < -0.4 is 0 Å². The van der Waals surface area contributed by atoms with Crippen molar-refractivity contribution in [3.63, 3.8) is 0 Å². The largest absolute Gasteiger partial charge is 0.308 e. The molecule has 0 aromatic carbocycles. The first-order valence-electron chi connectivity index (χ1n) is 5.75. The van der Waals surface area contributed by atoms with E-state index >= 15 is 0 Å². The lowest BCUT2D eigenvalue weighted by Gasteiger charge is -2.09. The number of likely N-dealkylation sites (N-methyl/N-ethyl adjacent to an activating group) is 1. The Kier molecular flexibility index (Phi) is 4.98. The highest BCUT2D eigenvalue weighted by Gasteiger charge is 2.16. The average molecular weight is 255 g/mol. The Labute approximate surface area is 108 Å². The molecular weight excluding hydrogens is 236 g/mol. The molecule has 0 aliphatic rings. The van der Waals surface area contributed by atoms with E-state index in [4.69, 9.17) is 16.9 Å². The Bertz CT molecular complexity index is 415. The van der Waals surface area contributed by atoms with E-state index in [1.54, 1.807) is 4.68 Å². The Morgan fingerprint density at radius 2 is 2.12 bits per heavy atom. The van der Waals surface area contributed by atoms with Gasteiger partial charge in [0.25, 0.3) is 0 Å². The van der Waals surface area contributed by atoms with Crippen molar-refractivity contribution >= 4 is 11.6 Å². The fourth-order valence-electron chi connectivity index (χ4n) is 1.57. The summed E-state index contributed by atoms with van der Waals surface area (Å²) in [7, 11) is 4.00. The molecule has 17 heavy (non-hydrogen) atoms. The van der Waals surface area contributed by atoms with Gasteiger partial charge in [0.1, 0.15) is 16.8 Å². The topological polar surface area (TPSA) is 44.9 Å². The molecule has 5 heteroatoms. The first kappa shape index (κ1) is 14.0. The fraction of sp³-hybridized carbons (Fsp3) is 0.667. The molecule has 0 radical (unpaired) electrons. The lowest BCUT2D eigenvalue weighted by molar-refractivity contribution is 0.372. The van der Waals surface area contributed by atoms with Gasteiger partial charge in [-0.05, 0) is 26.4 Å². The minimum Gasteiger partial charge on any atom is -0.308 e. The molecule has 1 heterocycles. The molecule has 0 fully saturated rings. The van der Waals surface area contributed by atoms with Crippen LogP contribution in [0.15, 0.2) is 0 Å². The van der Waals surface area contributed by atoms with Gasteiger partial charge in [-0.15, -0.1) is 0 Å². The van der Waals surface area contributed by atoms with Gasteiger partial charge in [-0.3, -0.25) is 4.68 Å². The van der Waals surface area contributed by atoms with Crippen molar-refractivity contribution in [1.29, 1.82) is 5.26 Å². The summed E-state index contributed by atoms with van der Waals surface area (Å²) in [6, 6.07) is 2.15. The summed E-state index contributed by atoms with van der Waals surface area (Å²) in [5, 5.41) is 14.0. The van der Waals surface area contributed by atoms with Gasteiger partial charge in [-0.1, -0.05) is 25.4 Å². The summed E-state index contributed by atoms with van der Waals surface area (Å²) in [6.45, 7) is 5.77. The van der Waals surface area contributed by atoms with Crippen LogP contribution in [0.2, 0.25) is 5.15 Å². The third kappa shape index (κ3) is 3.72. The molecule has 4 nitrogen and oxygen atoms in total. The predicted octanol–water partition coefficient (Wildman–Crippen LogP) is 2.17.